The Bertz CT molecular complexity index is 895. The van der Waals surface area contributed by atoms with Crippen LogP contribution in [0.4, 0.5) is 10.1 Å². The van der Waals surface area contributed by atoms with Crippen LogP contribution in [0.25, 0.3) is 0 Å². The number of ether oxygens (including phenoxy) is 1. The summed E-state index contributed by atoms with van der Waals surface area (Å²) in [6, 6.07) is 9.35. The van der Waals surface area contributed by atoms with Gasteiger partial charge in [-0.15, -0.1) is 0 Å². The van der Waals surface area contributed by atoms with Gasteiger partial charge >= 0.3 is 5.97 Å². The van der Waals surface area contributed by atoms with E-state index in [-0.39, 0.29) is 28.2 Å². The Morgan fingerprint density at radius 1 is 1.17 bits per heavy atom. The molecule has 2 aromatic rings. The number of benzene rings is 2. The number of carbonyl (C=O) groups excluding carboxylic acids is 2. The van der Waals surface area contributed by atoms with E-state index in [0.717, 1.165) is 0 Å². The molecule has 1 fully saturated rings. The second kappa shape index (κ2) is 9.57. The third-order valence-electron chi connectivity index (χ3n) is 5.04. The number of rotatable bonds is 5. The molecule has 1 heterocycles. The molecule has 1 amide bonds. The Hall–Kier alpha value is -2.15. The lowest BCUT2D eigenvalue weighted by Gasteiger charge is -2.31. The number of likely N-dealkylation sites (tertiary alicyclic amines) is 1. The molecule has 0 radical (unpaired) electrons. The van der Waals surface area contributed by atoms with Crippen molar-refractivity contribution in [3.8, 4) is 0 Å². The third kappa shape index (κ3) is 5.26. The number of methoxy groups -OCH3 is 1. The van der Waals surface area contributed by atoms with Gasteiger partial charge in [-0.05, 0) is 56.3 Å². The second-order valence-corrected chi connectivity index (χ2v) is 7.74. The fourth-order valence-electron chi connectivity index (χ4n) is 3.37. The van der Waals surface area contributed by atoms with E-state index in [4.69, 9.17) is 27.9 Å². The number of amides is 1. The zero-order valence-electron chi connectivity index (χ0n) is 15.9. The van der Waals surface area contributed by atoms with E-state index >= 15 is 0 Å². The normalized spacial score (nSPS) is 15.2. The number of piperidine rings is 1. The maximum atomic E-state index is 14.0. The van der Waals surface area contributed by atoms with E-state index in [1.807, 2.05) is 0 Å². The molecule has 154 valence electrons. The fraction of sp³-hybridized carbons (Fsp3) is 0.333. The molecule has 3 rings (SSSR count). The van der Waals surface area contributed by atoms with Crippen molar-refractivity contribution in [1.29, 1.82) is 0 Å². The third-order valence-corrected chi connectivity index (χ3v) is 5.72. The highest BCUT2D eigenvalue weighted by Gasteiger charge is 2.26. The van der Waals surface area contributed by atoms with Gasteiger partial charge in [0.1, 0.15) is 5.82 Å². The molecule has 5 nitrogen and oxygen atoms in total. The standard InChI is InChI=1S/C21H21Cl2FN2O3/c1-29-21(28)15-11-14(5-6-18(15)23)25-20(27)13-7-9-26(10-8-13)12-16-17(22)3-2-4-19(16)24/h2-6,11,13H,7-10,12H2,1H3,(H,25,27). The molecule has 0 bridgehead atoms. The molecular weight excluding hydrogens is 418 g/mol. The summed E-state index contributed by atoms with van der Waals surface area (Å²) >= 11 is 12.1. The number of halogens is 3. The Morgan fingerprint density at radius 2 is 1.90 bits per heavy atom. The van der Waals surface area contributed by atoms with E-state index in [0.29, 0.717) is 48.7 Å². The SMILES string of the molecule is COC(=O)c1cc(NC(=O)C2CCN(Cc3c(F)cccc3Cl)CC2)ccc1Cl. The summed E-state index contributed by atoms with van der Waals surface area (Å²) in [6.45, 7) is 1.74. The highest BCUT2D eigenvalue weighted by molar-refractivity contribution is 6.33. The number of carbonyl (C=O) groups is 2. The zero-order chi connectivity index (χ0) is 21.0. The summed E-state index contributed by atoms with van der Waals surface area (Å²) in [7, 11) is 1.27. The van der Waals surface area contributed by atoms with Gasteiger partial charge in [0, 0.05) is 28.7 Å². The van der Waals surface area contributed by atoms with Gasteiger partial charge in [0.15, 0.2) is 0 Å². The minimum atomic E-state index is -0.564. The number of esters is 1. The van der Waals surface area contributed by atoms with Crippen LogP contribution in [0.15, 0.2) is 36.4 Å². The quantitative estimate of drug-likeness (QED) is 0.682. The molecule has 0 atom stereocenters. The van der Waals surface area contributed by atoms with Gasteiger partial charge in [-0.3, -0.25) is 9.69 Å². The molecule has 1 aliphatic heterocycles. The van der Waals surface area contributed by atoms with Gasteiger partial charge in [-0.2, -0.15) is 0 Å². The molecule has 29 heavy (non-hydrogen) atoms. The molecule has 1 aliphatic rings. The molecule has 0 unspecified atom stereocenters. The van der Waals surface area contributed by atoms with Crippen LogP contribution in [-0.4, -0.2) is 37.0 Å². The highest BCUT2D eigenvalue weighted by atomic mass is 35.5. The average Bonchev–Trinajstić information content (AvgIpc) is 2.72. The first-order valence-electron chi connectivity index (χ1n) is 9.23. The monoisotopic (exact) mass is 438 g/mol. The predicted octanol–water partition coefficient (Wildman–Crippen LogP) is 4.77. The molecule has 0 spiro atoms. The van der Waals surface area contributed by atoms with Crippen molar-refractivity contribution in [2.45, 2.75) is 19.4 Å². The van der Waals surface area contributed by atoms with Gasteiger partial charge in [-0.1, -0.05) is 29.3 Å². The van der Waals surface area contributed by atoms with E-state index in [1.54, 1.807) is 24.3 Å². The Balaban J connectivity index is 1.57. The van der Waals surface area contributed by atoms with Gasteiger partial charge in [0.25, 0.3) is 0 Å². The summed E-state index contributed by atoms with van der Waals surface area (Å²) in [5.41, 5.74) is 1.16. The first kappa shape index (κ1) is 21.6. The first-order valence-corrected chi connectivity index (χ1v) is 9.98. The molecule has 1 saturated heterocycles. The number of hydrogen-bond donors (Lipinski definition) is 1. The first-order chi connectivity index (χ1) is 13.9. The average molecular weight is 439 g/mol. The highest BCUT2D eigenvalue weighted by Crippen LogP contribution is 2.26. The molecule has 0 aliphatic carbocycles. The largest absolute Gasteiger partial charge is 0.465 e. The number of hydrogen-bond acceptors (Lipinski definition) is 4. The van der Waals surface area contributed by atoms with Gasteiger partial charge in [0.05, 0.1) is 17.7 Å². The van der Waals surface area contributed by atoms with E-state index < -0.39 is 5.97 Å². The molecule has 1 N–H and O–H groups in total. The zero-order valence-corrected chi connectivity index (χ0v) is 17.4. The van der Waals surface area contributed by atoms with Crippen LogP contribution in [0.2, 0.25) is 10.0 Å². The van der Waals surface area contributed by atoms with Gasteiger partial charge in [-0.25, -0.2) is 9.18 Å². The van der Waals surface area contributed by atoms with Gasteiger partial charge < -0.3 is 10.1 Å². The van der Waals surface area contributed by atoms with Gasteiger partial charge in [0.2, 0.25) is 5.91 Å². The van der Waals surface area contributed by atoms with Crippen LogP contribution < -0.4 is 5.32 Å². The molecule has 2 aromatic carbocycles. The Labute approximate surface area is 178 Å². The Morgan fingerprint density at radius 3 is 2.55 bits per heavy atom. The Kier molecular flexibility index (Phi) is 7.11. The minimum absolute atomic E-state index is 0.119. The second-order valence-electron chi connectivity index (χ2n) is 6.93. The van der Waals surface area contributed by atoms with Crippen molar-refractivity contribution < 1.29 is 18.7 Å². The summed E-state index contributed by atoms with van der Waals surface area (Å²) in [5, 5.41) is 3.51. The summed E-state index contributed by atoms with van der Waals surface area (Å²) in [6.07, 6.45) is 1.30. The van der Waals surface area contributed by atoms with Crippen LogP contribution in [0.3, 0.4) is 0 Å². The maximum absolute atomic E-state index is 14.0. The number of nitrogens with one attached hydrogen (secondary N) is 1. The van der Waals surface area contributed by atoms with Crippen LogP contribution >= 0.6 is 23.2 Å². The van der Waals surface area contributed by atoms with E-state index in [1.165, 1.54) is 19.2 Å². The minimum Gasteiger partial charge on any atom is -0.465 e. The molecule has 0 aromatic heterocycles. The van der Waals surface area contributed by atoms with Crippen molar-refractivity contribution in [3.63, 3.8) is 0 Å². The topological polar surface area (TPSA) is 58.6 Å². The number of anilines is 1. The fourth-order valence-corrected chi connectivity index (χ4v) is 3.79. The van der Waals surface area contributed by atoms with Crippen LogP contribution in [0, 0.1) is 11.7 Å². The van der Waals surface area contributed by atoms with Crippen LogP contribution in [0.5, 0.6) is 0 Å². The van der Waals surface area contributed by atoms with Crippen molar-refractivity contribution in [2.75, 3.05) is 25.5 Å². The van der Waals surface area contributed by atoms with Crippen molar-refractivity contribution in [2.24, 2.45) is 5.92 Å². The maximum Gasteiger partial charge on any atom is 0.339 e. The molecule has 8 heteroatoms. The summed E-state index contributed by atoms with van der Waals surface area (Å²) < 4.78 is 18.7. The smallest absolute Gasteiger partial charge is 0.339 e. The lowest BCUT2D eigenvalue weighted by Crippen LogP contribution is -2.38. The van der Waals surface area contributed by atoms with Crippen LogP contribution in [0.1, 0.15) is 28.8 Å². The van der Waals surface area contributed by atoms with E-state index in [9.17, 15) is 14.0 Å². The van der Waals surface area contributed by atoms with E-state index in [2.05, 4.69) is 10.2 Å². The summed E-state index contributed by atoms with van der Waals surface area (Å²) in [5.74, 6) is -1.17. The van der Waals surface area contributed by atoms with Crippen molar-refractivity contribution in [1.82, 2.24) is 4.90 Å². The van der Waals surface area contributed by atoms with Crippen LogP contribution in [-0.2, 0) is 16.1 Å². The lowest BCUT2D eigenvalue weighted by molar-refractivity contribution is -0.121. The van der Waals surface area contributed by atoms with Crippen molar-refractivity contribution in [3.05, 3.63) is 63.4 Å². The molecular formula is C21H21Cl2FN2O3. The predicted molar refractivity (Wildman–Crippen MR) is 111 cm³/mol. The summed E-state index contributed by atoms with van der Waals surface area (Å²) in [4.78, 5) is 26.5. The number of nitrogens with zero attached hydrogens (tertiary/aromatic N) is 1. The molecule has 0 saturated carbocycles. The van der Waals surface area contributed by atoms with Crippen molar-refractivity contribution >= 4 is 40.8 Å². The lowest BCUT2D eigenvalue weighted by atomic mass is 9.95.